The molecule has 0 saturated heterocycles. The van der Waals surface area contributed by atoms with E-state index >= 15 is 0 Å². The third-order valence-corrected chi connectivity index (χ3v) is 4.92. The second-order valence-electron chi connectivity index (χ2n) is 7.65. The number of fused-ring (bicyclic) bond motifs is 1. The summed E-state index contributed by atoms with van der Waals surface area (Å²) in [4.78, 5) is 25.1. The molecule has 0 aliphatic rings. The van der Waals surface area contributed by atoms with Crippen LogP contribution < -0.4 is 10.9 Å². The Kier molecular flexibility index (Phi) is 5.13. The fourth-order valence-electron chi connectivity index (χ4n) is 3.58. The number of nitrogens with one attached hydrogen (secondary N) is 1. The van der Waals surface area contributed by atoms with E-state index in [-0.39, 0.29) is 28.6 Å². The molecule has 1 aromatic heterocycles. The van der Waals surface area contributed by atoms with Crippen molar-refractivity contribution in [3.05, 3.63) is 76.2 Å². The van der Waals surface area contributed by atoms with Crippen LogP contribution in [-0.2, 0) is 12.5 Å². The van der Waals surface area contributed by atoms with Gasteiger partial charge in [0.1, 0.15) is 0 Å². The first-order valence-corrected chi connectivity index (χ1v) is 9.12. The van der Waals surface area contributed by atoms with Gasteiger partial charge >= 0.3 is 0 Å². The maximum Gasteiger partial charge on any atom is 0.274 e. The lowest BCUT2D eigenvalue weighted by atomic mass is 9.79. The molecule has 3 rings (SSSR count). The van der Waals surface area contributed by atoms with E-state index in [9.17, 15) is 9.59 Å². The Labute approximate surface area is 159 Å². The van der Waals surface area contributed by atoms with Gasteiger partial charge in [-0.25, -0.2) is 4.68 Å². The van der Waals surface area contributed by atoms with Gasteiger partial charge in [-0.3, -0.25) is 9.59 Å². The van der Waals surface area contributed by atoms with Crippen molar-refractivity contribution in [2.75, 3.05) is 0 Å². The van der Waals surface area contributed by atoms with E-state index in [2.05, 4.69) is 36.4 Å². The molecule has 27 heavy (non-hydrogen) atoms. The molecule has 140 valence electrons. The average molecular weight is 363 g/mol. The Bertz CT molecular complexity index is 1020. The van der Waals surface area contributed by atoms with Gasteiger partial charge < -0.3 is 5.32 Å². The fourth-order valence-corrected chi connectivity index (χ4v) is 3.58. The quantitative estimate of drug-likeness (QED) is 0.755. The number of hydrogen-bond acceptors (Lipinski definition) is 3. The van der Waals surface area contributed by atoms with E-state index in [1.807, 2.05) is 31.2 Å². The largest absolute Gasteiger partial charge is 0.348 e. The number of benzene rings is 2. The Morgan fingerprint density at radius 1 is 1.07 bits per heavy atom. The molecule has 2 aromatic carbocycles. The molecule has 1 heterocycles. The molecule has 0 aliphatic heterocycles. The molecular formula is C22H25N3O2. The normalized spacial score (nSPS) is 12.7. The van der Waals surface area contributed by atoms with E-state index in [0.717, 1.165) is 6.42 Å². The first-order chi connectivity index (χ1) is 12.8. The summed E-state index contributed by atoms with van der Waals surface area (Å²) >= 11 is 0. The maximum absolute atomic E-state index is 12.9. The smallest absolute Gasteiger partial charge is 0.274 e. The number of aryl methyl sites for hydroxylation is 1. The Morgan fingerprint density at radius 2 is 1.67 bits per heavy atom. The van der Waals surface area contributed by atoms with E-state index in [0.29, 0.717) is 10.8 Å². The van der Waals surface area contributed by atoms with Gasteiger partial charge in [0.25, 0.3) is 11.5 Å². The second-order valence-corrected chi connectivity index (χ2v) is 7.65. The molecule has 0 radical (unpaired) electrons. The van der Waals surface area contributed by atoms with Crippen molar-refractivity contribution in [2.24, 2.45) is 7.05 Å². The first kappa shape index (κ1) is 18.8. The number of carbonyl (C=O) groups excluding carboxylic acids is 1. The molecule has 1 amide bonds. The van der Waals surface area contributed by atoms with E-state index in [1.54, 1.807) is 25.2 Å². The Balaban J connectivity index is 1.83. The van der Waals surface area contributed by atoms with Crippen molar-refractivity contribution in [3.63, 3.8) is 0 Å². The number of rotatable bonds is 5. The molecule has 5 nitrogen and oxygen atoms in total. The summed E-state index contributed by atoms with van der Waals surface area (Å²) in [5, 5.41) is 8.32. The molecule has 0 bridgehead atoms. The lowest BCUT2D eigenvalue weighted by molar-refractivity contribution is 0.0929. The Morgan fingerprint density at radius 3 is 2.33 bits per heavy atom. The lowest BCUT2D eigenvalue weighted by Crippen LogP contribution is -2.38. The molecule has 1 N–H and O–H groups in total. The molecule has 0 spiro atoms. The van der Waals surface area contributed by atoms with Crippen LogP contribution in [0.1, 0.15) is 43.2 Å². The Hall–Kier alpha value is -2.95. The summed E-state index contributed by atoms with van der Waals surface area (Å²) in [6.07, 6.45) is 0.784. The van der Waals surface area contributed by atoms with Gasteiger partial charge in [-0.2, -0.15) is 5.10 Å². The van der Waals surface area contributed by atoms with E-state index in [1.165, 1.54) is 10.2 Å². The van der Waals surface area contributed by atoms with Gasteiger partial charge in [0, 0.05) is 18.5 Å². The summed E-state index contributed by atoms with van der Waals surface area (Å²) in [5.74, 6) is -0.266. The fraction of sp³-hybridized carbons (Fsp3) is 0.318. The predicted octanol–water partition coefficient (Wildman–Crippen LogP) is 3.42. The zero-order valence-electron chi connectivity index (χ0n) is 16.2. The van der Waals surface area contributed by atoms with Crippen molar-refractivity contribution in [2.45, 2.75) is 38.6 Å². The van der Waals surface area contributed by atoms with Crippen LogP contribution in [0.4, 0.5) is 0 Å². The summed E-state index contributed by atoms with van der Waals surface area (Å²) in [5.41, 5.74) is 1.22. The SMILES string of the molecule is CC(CC(C)(C)c1ccccc1)NC(=O)c1nn(C)c(=O)c2ccccc12. The summed E-state index contributed by atoms with van der Waals surface area (Å²) in [6.45, 7) is 6.34. The molecular weight excluding hydrogens is 338 g/mol. The van der Waals surface area contributed by atoms with Gasteiger partial charge in [0.15, 0.2) is 5.69 Å². The van der Waals surface area contributed by atoms with Crippen LogP contribution in [0.15, 0.2) is 59.4 Å². The number of aromatic nitrogens is 2. The molecule has 5 heteroatoms. The van der Waals surface area contributed by atoms with Crippen molar-refractivity contribution >= 4 is 16.7 Å². The summed E-state index contributed by atoms with van der Waals surface area (Å²) in [7, 11) is 1.56. The third-order valence-electron chi connectivity index (χ3n) is 4.92. The molecule has 1 unspecified atom stereocenters. The second kappa shape index (κ2) is 7.35. The highest BCUT2D eigenvalue weighted by atomic mass is 16.2. The van der Waals surface area contributed by atoms with Crippen LogP contribution in [0.25, 0.3) is 10.8 Å². The monoisotopic (exact) mass is 363 g/mol. The van der Waals surface area contributed by atoms with Crippen LogP contribution in [-0.4, -0.2) is 21.7 Å². The zero-order valence-corrected chi connectivity index (χ0v) is 16.2. The van der Waals surface area contributed by atoms with Crippen molar-refractivity contribution in [1.29, 1.82) is 0 Å². The van der Waals surface area contributed by atoms with Crippen LogP contribution in [0.3, 0.4) is 0 Å². The summed E-state index contributed by atoms with van der Waals surface area (Å²) in [6, 6.07) is 17.3. The van der Waals surface area contributed by atoms with E-state index < -0.39 is 0 Å². The number of nitrogens with zero attached hydrogens (tertiary/aromatic N) is 2. The van der Waals surface area contributed by atoms with Gasteiger partial charge in [0.05, 0.1) is 5.39 Å². The minimum absolute atomic E-state index is 0.0505. The van der Waals surface area contributed by atoms with Crippen LogP contribution in [0.5, 0.6) is 0 Å². The highest BCUT2D eigenvalue weighted by molar-refractivity contribution is 6.04. The highest BCUT2D eigenvalue weighted by Gasteiger charge is 2.25. The molecule has 0 aliphatic carbocycles. The molecule has 1 atom stereocenters. The first-order valence-electron chi connectivity index (χ1n) is 9.12. The molecule has 0 fully saturated rings. The minimum Gasteiger partial charge on any atom is -0.348 e. The average Bonchev–Trinajstić information content (AvgIpc) is 2.65. The van der Waals surface area contributed by atoms with Gasteiger partial charge in [-0.1, -0.05) is 62.4 Å². The van der Waals surface area contributed by atoms with Crippen LogP contribution in [0.2, 0.25) is 0 Å². The molecule has 0 saturated carbocycles. The van der Waals surface area contributed by atoms with Crippen LogP contribution in [0, 0.1) is 0 Å². The van der Waals surface area contributed by atoms with Gasteiger partial charge in [-0.15, -0.1) is 0 Å². The van der Waals surface area contributed by atoms with Crippen molar-refractivity contribution in [3.8, 4) is 0 Å². The standard InChI is InChI=1S/C22H25N3O2/c1-15(14-22(2,3)16-10-6-5-7-11-16)23-20(26)19-17-12-8-9-13-18(17)21(27)25(4)24-19/h5-13,15H,14H2,1-4H3,(H,23,26). The number of amides is 1. The van der Waals surface area contributed by atoms with Gasteiger partial charge in [-0.05, 0) is 30.4 Å². The van der Waals surface area contributed by atoms with E-state index in [4.69, 9.17) is 0 Å². The predicted molar refractivity (Wildman–Crippen MR) is 108 cm³/mol. The van der Waals surface area contributed by atoms with Gasteiger partial charge in [0.2, 0.25) is 0 Å². The van der Waals surface area contributed by atoms with Crippen molar-refractivity contribution in [1.82, 2.24) is 15.1 Å². The lowest BCUT2D eigenvalue weighted by Gasteiger charge is -2.29. The third kappa shape index (κ3) is 3.92. The maximum atomic E-state index is 12.9. The molecule has 3 aromatic rings. The minimum atomic E-state index is -0.266. The van der Waals surface area contributed by atoms with Crippen molar-refractivity contribution < 1.29 is 4.79 Å². The number of hydrogen-bond donors (Lipinski definition) is 1. The topological polar surface area (TPSA) is 64.0 Å². The van der Waals surface area contributed by atoms with Crippen LogP contribution >= 0.6 is 0 Å². The summed E-state index contributed by atoms with van der Waals surface area (Å²) < 4.78 is 1.22. The zero-order chi connectivity index (χ0) is 19.6. The number of carbonyl (C=O) groups is 1. The highest BCUT2D eigenvalue weighted by Crippen LogP contribution is 2.28.